The van der Waals surface area contributed by atoms with E-state index in [9.17, 15) is 0 Å². The molecule has 2 aliphatic rings. The zero-order valence-corrected chi connectivity index (χ0v) is 26.3. The summed E-state index contributed by atoms with van der Waals surface area (Å²) in [6, 6.07) is 48.5. The van der Waals surface area contributed by atoms with Gasteiger partial charge < -0.3 is 4.74 Å². The van der Waals surface area contributed by atoms with E-state index in [0.717, 1.165) is 68.9 Å². The van der Waals surface area contributed by atoms with Crippen LogP contribution in [0.5, 0.6) is 11.5 Å². The van der Waals surface area contributed by atoms with Gasteiger partial charge in [0.1, 0.15) is 11.5 Å². The number of allylic oxidation sites excluding steroid dienone is 4. The number of fused-ring (bicyclic) bond motifs is 3. The summed E-state index contributed by atoms with van der Waals surface area (Å²) in [4.78, 5) is 14.8. The maximum absolute atomic E-state index is 6.80. The Morgan fingerprint density at radius 1 is 0.604 bits per heavy atom. The molecule has 5 aromatic carbocycles. The number of pyridine rings is 1. The smallest absolute Gasteiger partial charge is 0.160 e. The molecule has 2 aromatic heterocycles. The van der Waals surface area contributed by atoms with E-state index in [-0.39, 0.29) is 0 Å². The summed E-state index contributed by atoms with van der Waals surface area (Å²) in [6.07, 6.45) is 10.6. The molecular formula is C44H31N3O. The van der Waals surface area contributed by atoms with Crippen molar-refractivity contribution in [2.24, 2.45) is 0 Å². The minimum atomic E-state index is -0.487. The number of rotatable bonds is 5. The van der Waals surface area contributed by atoms with Gasteiger partial charge in [0.25, 0.3) is 0 Å². The van der Waals surface area contributed by atoms with E-state index in [1.54, 1.807) is 0 Å². The SMILES string of the molecule is C1=CCCC(C2(c3ccccc3)c3ccccc3Oc3cc(-c4nc(-c5cccc(-c6ccccn6)c5)nc5ccccc45)ccc32)=C1. The maximum atomic E-state index is 6.80. The number of hydrogen-bond donors (Lipinski definition) is 0. The lowest BCUT2D eigenvalue weighted by molar-refractivity contribution is 0.430. The van der Waals surface area contributed by atoms with Gasteiger partial charge in [-0.25, -0.2) is 9.97 Å². The standard InChI is InChI=1S/C44H31N3O/c1-3-16-33(17-4-1)44(34-18-5-2-6-19-34)36-21-8-10-24-40(36)48-41-29-31(25-26-37(41)44)42-35-20-7-9-23-39(35)46-43(47-42)32-15-13-14-30(28-32)38-22-11-12-27-45-38/h1-5,7-18,20-29H,6,19H2. The number of benzene rings is 5. The Kier molecular flexibility index (Phi) is 6.79. The van der Waals surface area contributed by atoms with Crippen LogP contribution in [-0.4, -0.2) is 15.0 Å². The normalized spacial score (nSPS) is 16.5. The fourth-order valence-corrected chi connectivity index (χ4v) is 7.42. The predicted octanol–water partition coefficient (Wildman–Crippen LogP) is 10.7. The van der Waals surface area contributed by atoms with Crippen LogP contribution in [0.4, 0.5) is 0 Å². The topological polar surface area (TPSA) is 47.9 Å². The van der Waals surface area contributed by atoms with Crippen molar-refractivity contribution in [1.29, 1.82) is 0 Å². The van der Waals surface area contributed by atoms with E-state index in [4.69, 9.17) is 14.7 Å². The van der Waals surface area contributed by atoms with Crippen molar-refractivity contribution in [3.8, 4) is 45.4 Å². The second-order valence-electron chi connectivity index (χ2n) is 12.3. The Morgan fingerprint density at radius 2 is 1.42 bits per heavy atom. The van der Waals surface area contributed by atoms with Crippen molar-refractivity contribution in [3.63, 3.8) is 0 Å². The van der Waals surface area contributed by atoms with Gasteiger partial charge in [-0.3, -0.25) is 4.98 Å². The molecule has 0 bridgehead atoms. The first-order valence-electron chi connectivity index (χ1n) is 16.4. The van der Waals surface area contributed by atoms with Crippen LogP contribution in [0.15, 0.2) is 170 Å². The number of nitrogens with zero attached hydrogens (tertiary/aromatic N) is 3. The third-order valence-corrected chi connectivity index (χ3v) is 9.56. The summed E-state index contributed by atoms with van der Waals surface area (Å²) in [5, 5.41) is 0.993. The summed E-state index contributed by atoms with van der Waals surface area (Å²) >= 11 is 0. The molecule has 1 aliphatic heterocycles. The first kappa shape index (κ1) is 28.1. The first-order valence-corrected chi connectivity index (χ1v) is 16.4. The summed E-state index contributed by atoms with van der Waals surface area (Å²) in [7, 11) is 0. The summed E-state index contributed by atoms with van der Waals surface area (Å²) in [5.74, 6) is 2.39. The van der Waals surface area contributed by atoms with E-state index in [1.807, 2.05) is 42.6 Å². The van der Waals surface area contributed by atoms with Crippen molar-refractivity contribution in [1.82, 2.24) is 15.0 Å². The number of hydrogen-bond acceptors (Lipinski definition) is 4. The van der Waals surface area contributed by atoms with Gasteiger partial charge in [0.15, 0.2) is 5.82 Å². The van der Waals surface area contributed by atoms with Crippen LogP contribution in [-0.2, 0) is 5.41 Å². The quantitative estimate of drug-likeness (QED) is 0.193. The van der Waals surface area contributed by atoms with Crippen LogP contribution >= 0.6 is 0 Å². The highest BCUT2D eigenvalue weighted by molar-refractivity contribution is 5.94. The minimum absolute atomic E-state index is 0.487. The van der Waals surface area contributed by atoms with Gasteiger partial charge in [0.05, 0.1) is 22.3 Å². The molecule has 0 fully saturated rings. The molecule has 0 spiro atoms. The molecule has 0 amide bonds. The second-order valence-corrected chi connectivity index (χ2v) is 12.3. The Morgan fingerprint density at radius 3 is 2.29 bits per heavy atom. The molecule has 0 saturated heterocycles. The van der Waals surface area contributed by atoms with Crippen molar-refractivity contribution < 1.29 is 4.74 Å². The van der Waals surface area contributed by atoms with Gasteiger partial charge in [-0.15, -0.1) is 0 Å². The monoisotopic (exact) mass is 617 g/mol. The van der Waals surface area contributed by atoms with Gasteiger partial charge in [-0.05, 0) is 54.8 Å². The lowest BCUT2D eigenvalue weighted by atomic mass is 9.61. The van der Waals surface area contributed by atoms with Crippen LogP contribution in [0.1, 0.15) is 29.5 Å². The van der Waals surface area contributed by atoms with Crippen LogP contribution in [0.25, 0.3) is 44.8 Å². The largest absolute Gasteiger partial charge is 0.457 e. The molecule has 0 N–H and O–H groups in total. The molecule has 0 saturated carbocycles. The van der Waals surface area contributed by atoms with Gasteiger partial charge in [0.2, 0.25) is 0 Å². The van der Waals surface area contributed by atoms with Gasteiger partial charge in [-0.2, -0.15) is 0 Å². The van der Waals surface area contributed by atoms with Gasteiger partial charge >= 0.3 is 0 Å². The lowest BCUT2D eigenvalue weighted by Crippen LogP contribution is -2.35. The minimum Gasteiger partial charge on any atom is -0.457 e. The Bertz CT molecular complexity index is 2380. The van der Waals surface area contributed by atoms with Crippen LogP contribution in [0, 0.1) is 0 Å². The molecule has 1 aliphatic carbocycles. The second kappa shape index (κ2) is 11.6. The van der Waals surface area contributed by atoms with Crippen molar-refractivity contribution in [2.75, 3.05) is 0 Å². The molecule has 9 rings (SSSR count). The van der Waals surface area contributed by atoms with E-state index in [1.165, 1.54) is 16.7 Å². The first-order chi connectivity index (χ1) is 23.8. The number of aromatic nitrogens is 3. The van der Waals surface area contributed by atoms with Crippen molar-refractivity contribution in [3.05, 3.63) is 186 Å². The third-order valence-electron chi connectivity index (χ3n) is 9.56. The fraction of sp³-hybridized carbons (Fsp3) is 0.0682. The van der Waals surface area contributed by atoms with E-state index >= 15 is 0 Å². The summed E-state index contributed by atoms with van der Waals surface area (Å²) < 4.78 is 6.80. The van der Waals surface area contributed by atoms with E-state index < -0.39 is 5.41 Å². The average molecular weight is 618 g/mol. The Labute approximate surface area is 279 Å². The summed E-state index contributed by atoms with van der Waals surface area (Å²) in [6.45, 7) is 0. The van der Waals surface area contributed by atoms with Crippen LogP contribution in [0.3, 0.4) is 0 Å². The fourth-order valence-electron chi connectivity index (χ4n) is 7.42. The molecule has 1 unspecified atom stereocenters. The summed E-state index contributed by atoms with van der Waals surface area (Å²) in [5.41, 5.74) is 10.0. The Balaban J connectivity index is 1.25. The zero-order valence-electron chi connectivity index (χ0n) is 26.3. The highest BCUT2D eigenvalue weighted by atomic mass is 16.5. The molecule has 4 heteroatoms. The zero-order chi connectivity index (χ0) is 31.9. The van der Waals surface area contributed by atoms with Crippen LogP contribution < -0.4 is 4.74 Å². The van der Waals surface area contributed by atoms with Crippen LogP contribution in [0.2, 0.25) is 0 Å². The Hall–Kier alpha value is -6.13. The predicted molar refractivity (Wildman–Crippen MR) is 193 cm³/mol. The average Bonchev–Trinajstić information content (AvgIpc) is 3.17. The van der Waals surface area contributed by atoms with E-state index in [2.05, 4.69) is 126 Å². The molecule has 48 heavy (non-hydrogen) atoms. The molecule has 0 radical (unpaired) electrons. The maximum Gasteiger partial charge on any atom is 0.160 e. The third kappa shape index (κ3) is 4.57. The van der Waals surface area contributed by atoms with Gasteiger partial charge in [-0.1, -0.05) is 127 Å². The molecule has 228 valence electrons. The highest BCUT2D eigenvalue weighted by Crippen LogP contribution is 2.57. The molecule has 7 aromatic rings. The van der Waals surface area contributed by atoms with Gasteiger partial charge in [0, 0.05) is 39.4 Å². The number of ether oxygens (including phenoxy) is 1. The van der Waals surface area contributed by atoms with Crippen molar-refractivity contribution in [2.45, 2.75) is 18.3 Å². The lowest BCUT2D eigenvalue weighted by Gasteiger charge is -2.43. The van der Waals surface area contributed by atoms with E-state index in [0.29, 0.717) is 5.82 Å². The number of para-hydroxylation sites is 2. The molecule has 4 nitrogen and oxygen atoms in total. The van der Waals surface area contributed by atoms with Crippen molar-refractivity contribution >= 4 is 10.9 Å². The molecule has 3 heterocycles. The molecule has 1 atom stereocenters. The highest BCUT2D eigenvalue weighted by Gasteiger charge is 2.46. The molecular weight excluding hydrogens is 587 g/mol.